The number of tetrazole rings is 1. The number of ether oxygens (including phenoxy) is 1. The Labute approximate surface area is 229 Å². The summed E-state index contributed by atoms with van der Waals surface area (Å²) in [5.74, 6) is 0.201. The minimum absolute atomic E-state index is 0.169. The van der Waals surface area contributed by atoms with Crippen LogP contribution in [0.25, 0.3) is 27.4 Å². The molecule has 0 saturated heterocycles. The van der Waals surface area contributed by atoms with Crippen molar-refractivity contribution in [1.82, 2.24) is 34.7 Å². The molecule has 5 heterocycles. The van der Waals surface area contributed by atoms with Gasteiger partial charge in [-0.05, 0) is 72.2 Å². The van der Waals surface area contributed by atoms with Crippen LogP contribution in [0.1, 0.15) is 40.6 Å². The second-order valence-corrected chi connectivity index (χ2v) is 10.5. The maximum Gasteiger partial charge on any atom is 0.348 e. The lowest BCUT2D eigenvalue weighted by Gasteiger charge is -2.14. The molecule has 4 aromatic heterocycles. The van der Waals surface area contributed by atoms with E-state index >= 15 is 0 Å². The molecule has 1 N–H and O–H groups in total. The minimum atomic E-state index is -0.384. The summed E-state index contributed by atoms with van der Waals surface area (Å²) < 4.78 is 8.35. The molecule has 0 bridgehead atoms. The van der Waals surface area contributed by atoms with Crippen LogP contribution in [0.5, 0.6) is 0 Å². The molecule has 10 nitrogen and oxygen atoms in total. The average molecular weight is 568 g/mol. The fourth-order valence-electron chi connectivity index (χ4n) is 4.69. The Morgan fingerprint density at radius 2 is 2.08 bits per heavy atom. The third kappa shape index (κ3) is 4.32. The number of nitrogens with one attached hydrogen (secondary N) is 1. The van der Waals surface area contributed by atoms with E-state index in [0.717, 1.165) is 21.7 Å². The van der Waals surface area contributed by atoms with Crippen LogP contribution < -0.4 is 5.56 Å². The van der Waals surface area contributed by atoms with Gasteiger partial charge in [-0.2, -0.15) is 4.68 Å². The zero-order valence-electron chi connectivity index (χ0n) is 19.9. The summed E-state index contributed by atoms with van der Waals surface area (Å²) in [7, 11) is 0. The summed E-state index contributed by atoms with van der Waals surface area (Å²) in [6.45, 7) is 2.06. The summed E-state index contributed by atoms with van der Waals surface area (Å²) in [4.78, 5) is 34.6. The number of nitrogens with zero attached hydrogens (tertiary/aromatic N) is 6. The van der Waals surface area contributed by atoms with Crippen molar-refractivity contribution in [1.29, 1.82) is 0 Å². The summed E-state index contributed by atoms with van der Waals surface area (Å²) >= 11 is 14.1. The van der Waals surface area contributed by atoms with Crippen molar-refractivity contribution in [3.8, 4) is 27.4 Å². The first kappa shape index (κ1) is 24.5. The molecule has 0 aliphatic carbocycles. The Hall–Kier alpha value is -3.80. The molecule has 192 valence electrons. The molecule has 1 atom stereocenters. The van der Waals surface area contributed by atoms with Crippen molar-refractivity contribution < 1.29 is 9.53 Å². The molecule has 1 aliphatic heterocycles. The lowest BCUT2D eigenvalue weighted by molar-refractivity contribution is 0.0532. The van der Waals surface area contributed by atoms with E-state index in [1.54, 1.807) is 41.8 Å². The van der Waals surface area contributed by atoms with Gasteiger partial charge in [0.2, 0.25) is 0 Å². The van der Waals surface area contributed by atoms with Gasteiger partial charge in [0, 0.05) is 22.3 Å². The third-order valence-corrected chi connectivity index (χ3v) is 7.89. The van der Waals surface area contributed by atoms with Crippen molar-refractivity contribution in [3.63, 3.8) is 0 Å². The molecular formula is C25H19Cl2N7O3S. The lowest BCUT2D eigenvalue weighted by atomic mass is 10.0. The highest BCUT2D eigenvalue weighted by atomic mass is 35.5. The van der Waals surface area contributed by atoms with Crippen molar-refractivity contribution in [2.24, 2.45) is 0 Å². The number of aromatic nitrogens is 7. The summed E-state index contributed by atoms with van der Waals surface area (Å²) in [6.07, 6.45) is 2.84. The predicted octanol–water partition coefficient (Wildman–Crippen LogP) is 4.96. The predicted molar refractivity (Wildman–Crippen MR) is 143 cm³/mol. The zero-order valence-corrected chi connectivity index (χ0v) is 22.2. The van der Waals surface area contributed by atoms with E-state index in [2.05, 4.69) is 20.5 Å². The van der Waals surface area contributed by atoms with Crippen LogP contribution in [0.15, 0.2) is 53.6 Å². The number of aryl methyl sites for hydroxylation is 1. The SMILES string of the molecule is CCOC(=O)c1ccc(-c2nc(C3CCc4cc(-c5cc(Cl)ccc5-n5cnnn5)cc(=O)n43)[nH]c2Cl)s1. The number of fused-ring (bicyclic) bond motifs is 1. The van der Waals surface area contributed by atoms with Crippen LogP contribution in [-0.2, 0) is 11.2 Å². The lowest BCUT2D eigenvalue weighted by Crippen LogP contribution is -2.23. The smallest absolute Gasteiger partial charge is 0.348 e. The molecule has 0 amide bonds. The first-order valence-electron chi connectivity index (χ1n) is 11.7. The number of H-pyrrole nitrogens is 1. The Balaban J connectivity index is 1.35. The van der Waals surface area contributed by atoms with E-state index < -0.39 is 0 Å². The van der Waals surface area contributed by atoms with E-state index in [1.165, 1.54) is 22.3 Å². The normalized spacial score (nSPS) is 14.6. The Kier molecular flexibility index (Phi) is 6.34. The molecule has 0 fully saturated rings. The van der Waals surface area contributed by atoms with Gasteiger partial charge in [-0.25, -0.2) is 9.78 Å². The number of imidazole rings is 1. The van der Waals surface area contributed by atoms with Gasteiger partial charge in [0.15, 0.2) is 0 Å². The molecule has 1 aliphatic rings. The number of thiophene rings is 1. The van der Waals surface area contributed by atoms with Gasteiger partial charge in [0.25, 0.3) is 5.56 Å². The first-order chi connectivity index (χ1) is 18.4. The van der Waals surface area contributed by atoms with Crippen LogP contribution in [0.3, 0.4) is 0 Å². The van der Waals surface area contributed by atoms with Gasteiger partial charge in [0.1, 0.15) is 27.9 Å². The summed E-state index contributed by atoms with van der Waals surface area (Å²) in [6, 6.07) is 12.1. The molecule has 1 unspecified atom stereocenters. The highest BCUT2D eigenvalue weighted by molar-refractivity contribution is 7.17. The number of esters is 1. The Morgan fingerprint density at radius 1 is 1.21 bits per heavy atom. The first-order valence-corrected chi connectivity index (χ1v) is 13.3. The zero-order chi connectivity index (χ0) is 26.4. The van der Waals surface area contributed by atoms with E-state index in [4.69, 9.17) is 32.9 Å². The Bertz CT molecular complexity index is 1730. The molecule has 0 spiro atoms. The van der Waals surface area contributed by atoms with Crippen molar-refractivity contribution >= 4 is 40.5 Å². The largest absolute Gasteiger partial charge is 0.462 e. The van der Waals surface area contributed by atoms with Gasteiger partial charge in [0.05, 0.1) is 23.2 Å². The summed E-state index contributed by atoms with van der Waals surface area (Å²) in [5, 5.41) is 12.3. The number of hydrogen-bond acceptors (Lipinski definition) is 8. The van der Waals surface area contributed by atoms with E-state index in [-0.39, 0.29) is 17.6 Å². The maximum absolute atomic E-state index is 13.4. The van der Waals surface area contributed by atoms with E-state index in [9.17, 15) is 9.59 Å². The second kappa shape index (κ2) is 9.82. The molecule has 1 aromatic carbocycles. The summed E-state index contributed by atoms with van der Waals surface area (Å²) in [5.41, 5.74) is 3.40. The third-order valence-electron chi connectivity index (χ3n) is 6.31. The van der Waals surface area contributed by atoms with Gasteiger partial charge in [-0.1, -0.05) is 23.2 Å². The number of pyridine rings is 1. The van der Waals surface area contributed by atoms with E-state index in [0.29, 0.717) is 51.7 Å². The number of hydrogen-bond donors (Lipinski definition) is 1. The van der Waals surface area contributed by atoms with Gasteiger partial charge >= 0.3 is 5.97 Å². The highest BCUT2D eigenvalue weighted by Gasteiger charge is 2.29. The van der Waals surface area contributed by atoms with Crippen molar-refractivity contribution in [3.05, 3.63) is 85.7 Å². The van der Waals surface area contributed by atoms with Crippen LogP contribution in [0, 0.1) is 0 Å². The second-order valence-electron chi connectivity index (χ2n) is 8.58. The topological polar surface area (TPSA) is 121 Å². The number of carbonyl (C=O) groups excluding carboxylic acids is 1. The Morgan fingerprint density at radius 3 is 2.87 bits per heavy atom. The molecule has 6 rings (SSSR count). The van der Waals surface area contributed by atoms with Gasteiger partial charge in [-0.3, -0.25) is 4.79 Å². The molecule has 13 heteroatoms. The molecular weight excluding hydrogens is 549 g/mol. The monoisotopic (exact) mass is 567 g/mol. The van der Waals surface area contributed by atoms with Crippen LogP contribution in [0.2, 0.25) is 10.2 Å². The minimum Gasteiger partial charge on any atom is -0.462 e. The number of carbonyl (C=O) groups is 1. The van der Waals surface area contributed by atoms with Crippen LogP contribution in [0.4, 0.5) is 0 Å². The molecule has 38 heavy (non-hydrogen) atoms. The maximum atomic E-state index is 13.4. The van der Waals surface area contributed by atoms with Gasteiger partial charge in [-0.15, -0.1) is 16.4 Å². The average Bonchev–Trinajstić information content (AvgIpc) is 3.70. The van der Waals surface area contributed by atoms with E-state index in [1.807, 2.05) is 12.1 Å². The highest BCUT2D eigenvalue weighted by Crippen LogP contribution is 2.37. The van der Waals surface area contributed by atoms with Crippen LogP contribution >= 0.6 is 34.5 Å². The quantitative estimate of drug-likeness (QED) is 0.288. The van der Waals surface area contributed by atoms with Crippen molar-refractivity contribution in [2.45, 2.75) is 25.8 Å². The number of halogens is 2. The van der Waals surface area contributed by atoms with Crippen molar-refractivity contribution in [2.75, 3.05) is 6.61 Å². The standard InChI is InChI=1S/C25H19Cl2N7O3S/c1-2-37-25(36)20-8-7-19(38-20)22-23(27)30-24(29-22)18-6-4-15-9-13(10-21(35)34(15)18)16-11-14(26)3-5-17(16)33-12-28-31-32-33/h3,5,7-12,18H,2,4,6H2,1H3,(H,29,30). The van der Waals surface area contributed by atoms with Crippen LogP contribution in [-0.4, -0.2) is 47.3 Å². The number of benzene rings is 1. The fourth-order valence-corrected chi connectivity index (χ4v) is 6.05. The molecule has 5 aromatic rings. The van der Waals surface area contributed by atoms with Gasteiger partial charge < -0.3 is 14.3 Å². The molecule has 0 radical (unpaired) electrons. The molecule has 0 saturated carbocycles. The fraction of sp³-hybridized carbons (Fsp3) is 0.200. The number of aromatic amines is 1. The number of rotatable bonds is 6.